The van der Waals surface area contributed by atoms with Crippen molar-refractivity contribution in [2.45, 2.75) is 39.0 Å². The first-order valence-corrected chi connectivity index (χ1v) is 10.5. The Bertz CT molecular complexity index is 845. The van der Waals surface area contributed by atoms with Gasteiger partial charge in [-0.1, -0.05) is 12.1 Å². The average molecular weight is 378 g/mol. The van der Waals surface area contributed by atoms with E-state index in [1.54, 1.807) is 16.2 Å². The highest BCUT2D eigenvalue weighted by Crippen LogP contribution is 2.25. The fourth-order valence-electron chi connectivity index (χ4n) is 3.54. The van der Waals surface area contributed by atoms with Gasteiger partial charge in [0.15, 0.2) is 12.5 Å². The normalized spacial score (nSPS) is 20.7. The van der Waals surface area contributed by atoms with Gasteiger partial charge in [-0.2, -0.15) is 4.68 Å². The van der Waals surface area contributed by atoms with Gasteiger partial charge in [-0.3, -0.25) is 4.57 Å². The molecular weight excluding hydrogens is 356 g/mol. The number of quaternary nitrogens is 1. The van der Waals surface area contributed by atoms with E-state index in [1.807, 2.05) is 16.0 Å². The lowest BCUT2D eigenvalue weighted by Crippen LogP contribution is -3.09. The molecule has 0 aromatic carbocycles. The van der Waals surface area contributed by atoms with Crippen LogP contribution < -0.4 is 4.90 Å². The summed E-state index contributed by atoms with van der Waals surface area (Å²) in [5.74, 6) is 1.00. The third kappa shape index (κ3) is 2.90. The Hall–Kier alpha value is -1.28. The smallest absolute Gasteiger partial charge is 0.203 e. The summed E-state index contributed by atoms with van der Waals surface area (Å²) < 4.78 is 5.02. The van der Waals surface area contributed by atoms with Gasteiger partial charge in [0.2, 0.25) is 4.77 Å². The van der Waals surface area contributed by atoms with Crippen molar-refractivity contribution >= 4 is 34.9 Å². The van der Waals surface area contributed by atoms with Gasteiger partial charge >= 0.3 is 0 Å². The Kier molecular flexibility index (Phi) is 4.67. The fraction of sp³-hybridized carbons (Fsp3) is 0.412. The highest BCUT2D eigenvalue weighted by atomic mass is 32.1. The van der Waals surface area contributed by atoms with Gasteiger partial charge < -0.3 is 4.90 Å². The summed E-state index contributed by atoms with van der Waals surface area (Å²) in [5.41, 5.74) is 0. The van der Waals surface area contributed by atoms with Crippen LogP contribution in [0.1, 0.15) is 30.7 Å². The lowest BCUT2D eigenvalue weighted by Gasteiger charge is -2.20. The molecule has 0 radical (unpaired) electrons. The fourth-order valence-corrected chi connectivity index (χ4v) is 5.50. The van der Waals surface area contributed by atoms with Gasteiger partial charge in [-0.15, -0.1) is 27.8 Å². The number of aromatic nitrogens is 3. The molecule has 2 atom stereocenters. The quantitative estimate of drug-likeness (QED) is 0.688. The van der Waals surface area contributed by atoms with Crippen molar-refractivity contribution in [3.05, 3.63) is 44.7 Å². The van der Waals surface area contributed by atoms with Gasteiger partial charge in [0.25, 0.3) is 0 Å². The molecule has 0 bridgehead atoms. The van der Waals surface area contributed by atoms with E-state index in [-0.39, 0.29) is 0 Å². The maximum absolute atomic E-state index is 5.72. The zero-order valence-electron chi connectivity index (χ0n) is 13.6. The molecule has 4 nitrogen and oxygen atoms in total. The molecule has 0 saturated carbocycles. The molecule has 1 aliphatic heterocycles. The first-order chi connectivity index (χ1) is 11.8. The molecule has 0 aliphatic carbocycles. The molecule has 24 heavy (non-hydrogen) atoms. The minimum absolute atomic E-state index is 0.587. The predicted octanol–water partition coefficient (Wildman–Crippen LogP) is 3.60. The molecule has 3 aromatic heterocycles. The molecule has 126 valence electrons. The van der Waals surface area contributed by atoms with Gasteiger partial charge in [0.1, 0.15) is 6.04 Å². The highest BCUT2D eigenvalue weighted by Gasteiger charge is 2.31. The van der Waals surface area contributed by atoms with Crippen LogP contribution in [-0.4, -0.2) is 20.9 Å². The molecule has 4 rings (SSSR count). The highest BCUT2D eigenvalue weighted by molar-refractivity contribution is 7.71. The Balaban J connectivity index is 1.64. The van der Waals surface area contributed by atoms with Crippen molar-refractivity contribution in [2.24, 2.45) is 0 Å². The summed E-state index contributed by atoms with van der Waals surface area (Å²) in [7, 11) is 0. The van der Waals surface area contributed by atoms with Crippen LogP contribution in [-0.2, 0) is 13.2 Å². The minimum Gasteiger partial charge on any atom is -0.309 e. The Morgan fingerprint density at radius 2 is 2.12 bits per heavy atom. The number of hydrogen-bond donors (Lipinski definition) is 1. The minimum atomic E-state index is 0.587. The molecule has 4 heterocycles. The largest absolute Gasteiger partial charge is 0.309 e. The van der Waals surface area contributed by atoms with E-state index in [0.717, 1.165) is 23.8 Å². The molecule has 1 N–H and O–H groups in total. The topological polar surface area (TPSA) is 27.2 Å². The van der Waals surface area contributed by atoms with Gasteiger partial charge in [-0.05, 0) is 42.0 Å². The zero-order valence-corrected chi connectivity index (χ0v) is 16.1. The predicted molar refractivity (Wildman–Crippen MR) is 102 cm³/mol. The van der Waals surface area contributed by atoms with Crippen LogP contribution in [0.2, 0.25) is 0 Å². The number of rotatable bonds is 5. The van der Waals surface area contributed by atoms with E-state index in [9.17, 15) is 0 Å². The van der Waals surface area contributed by atoms with Crippen molar-refractivity contribution in [3.63, 3.8) is 0 Å². The van der Waals surface area contributed by atoms with Crippen LogP contribution in [0.4, 0.5) is 0 Å². The van der Waals surface area contributed by atoms with E-state index in [1.165, 1.54) is 29.1 Å². The van der Waals surface area contributed by atoms with Crippen LogP contribution in [0.15, 0.2) is 35.0 Å². The number of nitrogens with zero attached hydrogens (tertiary/aromatic N) is 3. The SMILES string of the molecule is CCn1c(-c2cccs2)nn(C[NH+]2CCC[C@H]2c2cccs2)c1=S. The summed E-state index contributed by atoms with van der Waals surface area (Å²) >= 11 is 9.31. The average Bonchev–Trinajstić information content (AvgIpc) is 3.36. The van der Waals surface area contributed by atoms with E-state index in [2.05, 4.69) is 46.5 Å². The number of likely N-dealkylation sites (tertiary alicyclic amines) is 1. The number of nitrogens with one attached hydrogen (secondary N) is 1. The molecule has 1 aliphatic rings. The lowest BCUT2D eigenvalue weighted by atomic mass is 10.2. The van der Waals surface area contributed by atoms with Crippen LogP contribution in [0.3, 0.4) is 0 Å². The number of hydrogen-bond acceptors (Lipinski definition) is 4. The zero-order chi connectivity index (χ0) is 16.5. The van der Waals surface area contributed by atoms with E-state index in [4.69, 9.17) is 17.3 Å². The molecule has 1 fully saturated rings. The van der Waals surface area contributed by atoms with Crippen LogP contribution in [0.5, 0.6) is 0 Å². The van der Waals surface area contributed by atoms with Crippen molar-refractivity contribution < 1.29 is 4.90 Å². The van der Waals surface area contributed by atoms with E-state index < -0.39 is 0 Å². The maximum Gasteiger partial charge on any atom is 0.203 e. The number of thiophene rings is 2. The summed E-state index contributed by atoms with van der Waals surface area (Å²) in [5, 5.41) is 9.14. The van der Waals surface area contributed by atoms with E-state index >= 15 is 0 Å². The summed E-state index contributed by atoms with van der Waals surface area (Å²) in [6.07, 6.45) is 2.53. The summed E-state index contributed by atoms with van der Waals surface area (Å²) in [6.45, 7) is 5.04. The van der Waals surface area contributed by atoms with Gasteiger partial charge in [0, 0.05) is 19.4 Å². The van der Waals surface area contributed by atoms with Crippen molar-refractivity contribution in [1.29, 1.82) is 0 Å². The second-order valence-corrected chi connectivity index (χ2v) is 8.40. The molecule has 3 aromatic rings. The third-order valence-corrected chi connectivity index (χ3v) is 6.99. The van der Waals surface area contributed by atoms with Crippen molar-refractivity contribution in [1.82, 2.24) is 14.3 Å². The Morgan fingerprint density at radius 1 is 1.29 bits per heavy atom. The summed E-state index contributed by atoms with van der Waals surface area (Å²) in [4.78, 5) is 4.25. The molecular formula is C17H21N4S3+. The van der Waals surface area contributed by atoms with E-state index in [0.29, 0.717) is 6.04 Å². The first-order valence-electron chi connectivity index (χ1n) is 8.37. The molecule has 1 unspecified atom stereocenters. The van der Waals surface area contributed by atoms with Crippen LogP contribution in [0.25, 0.3) is 10.7 Å². The molecule has 1 saturated heterocycles. The van der Waals surface area contributed by atoms with Gasteiger partial charge in [-0.25, -0.2) is 0 Å². The lowest BCUT2D eigenvalue weighted by molar-refractivity contribution is -0.941. The maximum atomic E-state index is 5.72. The Labute approximate surface area is 155 Å². The molecule has 0 amide bonds. The second-order valence-electron chi connectivity index (χ2n) is 6.10. The standard InChI is InChI=1S/C17H20N4S3/c1-2-20-16(15-8-5-11-24-15)18-21(17(20)22)12-19-9-3-6-13(19)14-7-4-10-23-14/h4-5,7-8,10-11,13H,2-3,6,9,12H2,1H3/p+1/t13-/m0/s1. The van der Waals surface area contributed by atoms with Crippen molar-refractivity contribution in [3.8, 4) is 10.7 Å². The summed E-state index contributed by atoms with van der Waals surface area (Å²) in [6, 6.07) is 9.20. The monoisotopic (exact) mass is 377 g/mol. The molecule has 7 heteroatoms. The Morgan fingerprint density at radius 3 is 2.83 bits per heavy atom. The van der Waals surface area contributed by atoms with Crippen LogP contribution in [0, 0.1) is 4.77 Å². The second kappa shape index (κ2) is 6.92. The molecule has 0 spiro atoms. The van der Waals surface area contributed by atoms with Gasteiger partial charge in [0.05, 0.1) is 16.3 Å². The third-order valence-electron chi connectivity index (χ3n) is 4.70. The first kappa shape index (κ1) is 16.2. The van der Waals surface area contributed by atoms with Crippen LogP contribution >= 0.6 is 34.9 Å². The van der Waals surface area contributed by atoms with Crippen molar-refractivity contribution in [2.75, 3.05) is 6.54 Å².